The zero-order valence-corrected chi connectivity index (χ0v) is 13.3. The van der Waals surface area contributed by atoms with Gasteiger partial charge in [-0.05, 0) is 12.1 Å². The SMILES string of the molecule is COC[C@@H](O)CN1CCO[C@H](COc2ccc3c(c2)OCO3)C1. The molecule has 128 valence electrons. The van der Waals surface area contributed by atoms with Gasteiger partial charge >= 0.3 is 0 Å². The molecule has 0 amide bonds. The van der Waals surface area contributed by atoms with Gasteiger partial charge in [-0.15, -0.1) is 0 Å². The van der Waals surface area contributed by atoms with Crippen molar-refractivity contribution in [3.63, 3.8) is 0 Å². The van der Waals surface area contributed by atoms with E-state index in [4.69, 9.17) is 23.7 Å². The van der Waals surface area contributed by atoms with Crippen LogP contribution in [0.15, 0.2) is 18.2 Å². The first-order valence-electron chi connectivity index (χ1n) is 7.78. The van der Waals surface area contributed by atoms with E-state index in [9.17, 15) is 5.11 Å². The van der Waals surface area contributed by atoms with Crippen molar-refractivity contribution < 1.29 is 28.8 Å². The Hall–Kier alpha value is -1.54. The second-order valence-corrected chi connectivity index (χ2v) is 5.69. The highest BCUT2D eigenvalue weighted by atomic mass is 16.7. The number of morpholine rings is 1. The summed E-state index contributed by atoms with van der Waals surface area (Å²) in [5.41, 5.74) is 0. The molecule has 3 rings (SSSR count). The molecule has 0 saturated carbocycles. The normalized spacial score (nSPS) is 22.1. The molecule has 1 fully saturated rings. The molecule has 7 heteroatoms. The fourth-order valence-electron chi connectivity index (χ4n) is 2.75. The maximum Gasteiger partial charge on any atom is 0.231 e. The number of ether oxygens (including phenoxy) is 5. The van der Waals surface area contributed by atoms with Crippen molar-refractivity contribution in [2.45, 2.75) is 12.2 Å². The van der Waals surface area contributed by atoms with Crippen molar-refractivity contribution >= 4 is 0 Å². The van der Waals surface area contributed by atoms with Crippen LogP contribution in [0, 0.1) is 0 Å². The van der Waals surface area contributed by atoms with Crippen LogP contribution in [-0.2, 0) is 9.47 Å². The summed E-state index contributed by atoms with van der Waals surface area (Å²) in [6, 6.07) is 5.52. The van der Waals surface area contributed by atoms with Gasteiger partial charge < -0.3 is 28.8 Å². The molecule has 0 aromatic heterocycles. The number of aliphatic hydroxyl groups is 1. The van der Waals surface area contributed by atoms with Crippen LogP contribution in [-0.4, -0.2) is 75.6 Å². The Morgan fingerprint density at radius 1 is 1.35 bits per heavy atom. The van der Waals surface area contributed by atoms with Crippen molar-refractivity contribution in [3.05, 3.63) is 18.2 Å². The van der Waals surface area contributed by atoms with E-state index in [0.29, 0.717) is 32.1 Å². The molecule has 1 N–H and O–H groups in total. The molecule has 0 aliphatic carbocycles. The summed E-state index contributed by atoms with van der Waals surface area (Å²) in [5.74, 6) is 2.18. The van der Waals surface area contributed by atoms with Gasteiger partial charge in [0, 0.05) is 32.8 Å². The topological polar surface area (TPSA) is 69.6 Å². The molecule has 2 aliphatic rings. The Morgan fingerprint density at radius 3 is 3.09 bits per heavy atom. The molecule has 23 heavy (non-hydrogen) atoms. The van der Waals surface area contributed by atoms with Crippen LogP contribution in [0.25, 0.3) is 0 Å². The number of methoxy groups -OCH3 is 1. The fourth-order valence-corrected chi connectivity index (χ4v) is 2.75. The zero-order chi connectivity index (χ0) is 16.1. The van der Waals surface area contributed by atoms with E-state index in [0.717, 1.165) is 24.6 Å². The Kier molecular flexibility index (Phi) is 5.56. The second kappa shape index (κ2) is 7.83. The van der Waals surface area contributed by atoms with Crippen molar-refractivity contribution in [3.8, 4) is 17.2 Å². The van der Waals surface area contributed by atoms with Crippen LogP contribution in [0.4, 0.5) is 0 Å². The quantitative estimate of drug-likeness (QED) is 0.783. The minimum atomic E-state index is -0.478. The minimum absolute atomic E-state index is 0.0242. The zero-order valence-electron chi connectivity index (χ0n) is 13.3. The monoisotopic (exact) mass is 325 g/mol. The summed E-state index contributed by atoms with van der Waals surface area (Å²) < 4.78 is 27.1. The van der Waals surface area contributed by atoms with Gasteiger partial charge in [-0.25, -0.2) is 0 Å². The molecule has 1 saturated heterocycles. The van der Waals surface area contributed by atoms with E-state index in [1.54, 1.807) is 7.11 Å². The minimum Gasteiger partial charge on any atom is -0.491 e. The molecule has 1 aromatic rings. The second-order valence-electron chi connectivity index (χ2n) is 5.69. The molecule has 0 bridgehead atoms. The largest absolute Gasteiger partial charge is 0.491 e. The van der Waals surface area contributed by atoms with Crippen molar-refractivity contribution in [1.82, 2.24) is 4.90 Å². The third-order valence-corrected chi connectivity index (χ3v) is 3.83. The third kappa shape index (κ3) is 4.48. The van der Waals surface area contributed by atoms with E-state index in [-0.39, 0.29) is 12.9 Å². The van der Waals surface area contributed by atoms with Gasteiger partial charge in [0.25, 0.3) is 0 Å². The van der Waals surface area contributed by atoms with Crippen molar-refractivity contribution in [2.75, 3.05) is 53.4 Å². The average Bonchev–Trinajstić information content (AvgIpc) is 3.01. The Morgan fingerprint density at radius 2 is 2.22 bits per heavy atom. The number of benzene rings is 1. The van der Waals surface area contributed by atoms with Gasteiger partial charge in [0.15, 0.2) is 11.5 Å². The maximum absolute atomic E-state index is 9.82. The van der Waals surface area contributed by atoms with Crippen molar-refractivity contribution in [1.29, 1.82) is 0 Å². The molecule has 0 unspecified atom stereocenters. The Bertz CT molecular complexity index is 511. The Labute approximate surface area is 135 Å². The van der Waals surface area contributed by atoms with Gasteiger partial charge in [-0.2, -0.15) is 0 Å². The smallest absolute Gasteiger partial charge is 0.231 e. The van der Waals surface area contributed by atoms with E-state index in [2.05, 4.69) is 4.90 Å². The van der Waals surface area contributed by atoms with Gasteiger partial charge in [0.1, 0.15) is 18.5 Å². The van der Waals surface area contributed by atoms with Gasteiger partial charge in [-0.1, -0.05) is 0 Å². The first-order valence-corrected chi connectivity index (χ1v) is 7.78. The molecule has 2 atom stereocenters. The van der Waals surface area contributed by atoms with Crippen LogP contribution in [0.2, 0.25) is 0 Å². The summed E-state index contributed by atoms with van der Waals surface area (Å²) in [4.78, 5) is 2.17. The first kappa shape index (κ1) is 16.3. The molecule has 0 spiro atoms. The maximum atomic E-state index is 9.82. The summed E-state index contributed by atoms with van der Waals surface area (Å²) in [5, 5.41) is 9.82. The van der Waals surface area contributed by atoms with Gasteiger partial charge in [-0.3, -0.25) is 4.90 Å². The highest BCUT2D eigenvalue weighted by Gasteiger charge is 2.23. The number of β-amino-alcohol motifs (C(OH)–C–C–N with tert-alkyl or cyclic N) is 1. The number of hydrogen-bond donors (Lipinski definition) is 1. The van der Waals surface area contributed by atoms with E-state index >= 15 is 0 Å². The summed E-state index contributed by atoms with van der Waals surface area (Å²) in [7, 11) is 1.59. The molecule has 2 heterocycles. The fraction of sp³-hybridized carbons (Fsp3) is 0.625. The summed E-state index contributed by atoms with van der Waals surface area (Å²) in [6.45, 7) is 3.80. The highest BCUT2D eigenvalue weighted by Crippen LogP contribution is 2.35. The van der Waals surface area contributed by atoms with Crippen molar-refractivity contribution in [2.24, 2.45) is 0 Å². The molecule has 7 nitrogen and oxygen atoms in total. The number of rotatable bonds is 7. The molecule has 0 radical (unpaired) electrons. The summed E-state index contributed by atoms with van der Waals surface area (Å²) >= 11 is 0. The summed E-state index contributed by atoms with van der Waals surface area (Å²) in [6.07, 6.45) is -0.502. The number of hydrogen-bond acceptors (Lipinski definition) is 7. The molecule has 2 aliphatic heterocycles. The lowest BCUT2D eigenvalue weighted by atomic mass is 10.2. The number of fused-ring (bicyclic) bond motifs is 1. The number of aliphatic hydroxyl groups excluding tert-OH is 1. The van der Waals surface area contributed by atoms with Crippen LogP contribution in [0.1, 0.15) is 0 Å². The van der Waals surface area contributed by atoms with E-state index in [1.165, 1.54) is 0 Å². The predicted octanol–water partition coefficient (Wildman–Crippen LogP) is 0.502. The lowest BCUT2D eigenvalue weighted by molar-refractivity contribution is -0.0626. The lowest BCUT2D eigenvalue weighted by Crippen LogP contribution is -2.48. The molecular formula is C16H23NO6. The van der Waals surface area contributed by atoms with Gasteiger partial charge in [0.05, 0.1) is 19.3 Å². The standard InChI is InChI=1S/C16H23NO6/c1-19-9-12(18)7-17-4-5-20-14(8-17)10-21-13-2-3-15-16(6-13)23-11-22-15/h2-3,6,12,14,18H,4-5,7-11H2,1H3/t12-,14-/m0/s1. The predicted molar refractivity (Wildman–Crippen MR) is 82.1 cm³/mol. The molecular weight excluding hydrogens is 302 g/mol. The number of nitrogens with zero attached hydrogens (tertiary/aromatic N) is 1. The van der Waals surface area contributed by atoms with Crippen LogP contribution < -0.4 is 14.2 Å². The van der Waals surface area contributed by atoms with Crippen LogP contribution in [0.5, 0.6) is 17.2 Å². The first-order chi connectivity index (χ1) is 11.2. The van der Waals surface area contributed by atoms with Crippen LogP contribution >= 0.6 is 0 Å². The van der Waals surface area contributed by atoms with Gasteiger partial charge in [0.2, 0.25) is 6.79 Å². The van der Waals surface area contributed by atoms with E-state index < -0.39 is 6.10 Å². The highest BCUT2D eigenvalue weighted by molar-refractivity contribution is 5.46. The lowest BCUT2D eigenvalue weighted by Gasteiger charge is -2.33. The average molecular weight is 325 g/mol. The van der Waals surface area contributed by atoms with E-state index in [1.807, 2.05) is 18.2 Å². The Balaban J connectivity index is 1.46. The third-order valence-electron chi connectivity index (χ3n) is 3.83. The van der Waals surface area contributed by atoms with Crippen LogP contribution in [0.3, 0.4) is 0 Å². The molecule has 1 aromatic carbocycles.